The highest BCUT2D eigenvalue weighted by atomic mass is 16.5. The van der Waals surface area contributed by atoms with Gasteiger partial charge in [-0.15, -0.1) is 0 Å². The number of nitrogens with zero attached hydrogens (tertiary/aromatic N) is 2. The van der Waals surface area contributed by atoms with E-state index in [1.807, 2.05) is 93.3 Å². The molecule has 8 heteroatoms. The Morgan fingerprint density at radius 2 is 1.51 bits per heavy atom. The van der Waals surface area contributed by atoms with Crippen LogP contribution in [0.5, 0.6) is 5.75 Å². The Bertz CT molecular complexity index is 1230. The van der Waals surface area contributed by atoms with E-state index in [9.17, 15) is 9.59 Å². The Labute approximate surface area is 218 Å². The van der Waals surface area contributed by atoms with Crippen molar-refractivity contribution in [3.05, 3.63) is 77.4 Å². The average molecular weight is 502 g/mol. The number of hydrogen-bond donors (Lipinski definition) is 3. The summed E-state index contributed by atoms with van der Waals surface area (Å²) in [6.45, 7) is 11.2. The number of ether oxygens (including phenoxy) is 1. The number of nitrogens with one attached hydrogen (secondary N) is 3. The first kappa shape index (κ1) is 25.9. The molecule has 1 aliphatic rings. The monoisotopic (exact) mass is 501 g/mol. The second kappa shape index (κ2) is 11.7. The van der Waals surface area contributed by atoms with Gasteiger partial charge in [-0.2, -0.15) is 0 Å². The fourth-order valence-corrected chi connectivity index (χ4v) is 4.43. The largest absolute Gasteiger partial charge is 0.492 e. The summed E-state index contributed by atoms with van der Waals surface area (Å²) in [6, 6.07) is 19.0. The van der Waals surface area contributed by atoms with Crippen LogP contribution in [0.3, 0.4) is 0 Å². The van der Waals surface area contributed by atoms with Crippen LogP contribution in [0.2, 0.25) is 0 Å². The highest BCUT2D eigenvalue weighted by Crippen LogP contribution is 2.26. The minimum atomic E-state index is -0.331. The SMILES string of the molecule is CCOc1ccc(C)cc1NC(=O)Nc1ccc(N2CCN(C(=O)Nc3c(C)cccc3C)CC2)cc1. The van der Waals surface area contributed by atoms with Gasteiger partial charge in [-0.05, 0) is 80.8 Å². The Kier molecular flexibility index (Phi) is 8.18. The highest BCUT2D eigenvalue weighted by Gasteiger charge is 2.22. The van der Waals surface area contributed by atoms with Crippen molar-refractivity contribution in [2.45, 2.75) is 27.7 Å². The fraction of sp³-hybridized carbons (Fsp3) is 0.310. The molecule has 1 aliphatic heterocycles. The van der Waals surface area contributed by atoms with Gasteiger partial charge < -0.3 is 30.5 Å². The van der Waals surface area contributed by atoms with E-state index in [1.54, 1.807) is 0 Å². The molecule has 0 atom stereocenters. The predicted octanol–water partition coefficient (Wildman–Crippen LogP) is 6.01. The first-order valence-electron chi connectivity index (χ1n) is 12.6. The molecule has 37 heavy (non-hydrogen) atoms. The van der Waals surface area contributed by atoms with E-state index in [4.69, 9.17) is 4.74 Å². The van der Waals surface area contributed by atoms with Crippen molar-refractivity contribution in [1.29, 1.82) is 0 Å². The van der Waals surface area contributed by atoms with E-state index in [1.165, 1.54) is 0 Å². The Balaban J connectivity index is 1.29. The van der Waals surface area contributed by atoms with Gasteiger partial charge in [0.15, 0.2) is 0 Å². The van der Waals surface area contributed by atoms with Crippen LogP contribution in [-0.4, -0.2) is 49.7 Å². The van der Waals surface area contributed by atoms with Crippen LogP contribution >= 0.6 is 0 Å². The Morgan fingerprint density at radius 3 is 2.16 bits per heavy atom. The van der Waals surface area contributed by atoms with Gasteiger partial charge in [0.05, 0.1) is 12.3 Å². The molecule has 0 radical (unpaired) electrons. The molecule has 0 aliphatic carbocycles. The zero-order valence-corrected chi connectivity index (χ0v) is 21.9. The molecule has 0 saturated carbocycles. The molecule has 0 bridgehead atoms. The summed E-state index contributed by atoms with van der Waals surface area (Å²) < 4.78 is 5.61. The maximum atomic E-state index is 12.8. The molecule has 4 amide bonds. The third kappa shape index (κ3) is 6.52. The predicted molar refractivity (Wildman–Crippen MR) is 150 cm³/mol. The summed E-state index contributed by atoms with van der Waals surface area (Å²) in [5.74, 6) is 0.639. The first-order chi connectivity index (χ1) is 17.8. The third-order valence-electron chi connectivity index (χ3n) is 6.45. The molecule has 1 fully saturated rings. The summed E-state index contributed by atoms with van der Waals surface area (Å²) in [6.07, 6.45) is 0. The average Bonchev–Trinajstić information content (AvgIpc) is 2.88. The summed E-state index contributed by atoms with van der Waals surface area (Å²) in [7, 11) is 0. The molecule has 8 nitrogen and oxygen atoms in total. The van der Waals surface area contributed by atoms with Crippen molar-refractivity contribution >= 4 is 34.8 Å². The zero-order valence-electron chi connectivity index (χ0n) is 21.9. The maximum absolute atomic E-state index is 12.8. The highest BCUT2D eigenvalue weighted by molar-refractivity contribution is 6.00. The van der Waals surface area contributed by atoms with Crippen LogP contribution < -0.4 is 25.6 Å². The lowest BCUT2D eigenvalue weighted by Gasteiger charge is -2.36. The second-order valence-electron chi connectivity index (χ2n) is 9.23. The number of amides is 4. The number of rotatable bonds is 6. The van der Waals surface area contributed by atoms with Crippen molar-refractivity contribution in [1.82, 2.24) is 4.90 Å². The van der Waals surface area contributed by atoms with Gasteiger partial charge in [0, 0.05) is 43.2 Å². The van der Waals surface area contributed by atoms with Crippen LogP contribution in [0.25, 0.3) is 0 Å². The van der Waals surface area contributed by atoms with Crippen molar-refractivity contribution < 1.29 is 14.3 Å². The van der Waals surface area contributed by atoms with Crippen LogP contribution in [0, 0.1) is 20.8 Å². The van der Waals surface area contributed by atoms with Crippen molar-refractivity contribution in [2.24, 2.45) is 0 Å². The van der Waals surface area contributed by atoms with E-state index < -0.39 is 0 Å². The molecule has 0 spiro atoms. The summed E-state index contributed by atoms with van der Waals surface area (Å²) >= 11 is 0. The summed E-state index contributed by atoms with van der Waals surface area (Å²) in [5.41, 5.74) is 6.42. The smallest absolute Gasteiger partial charge is 0.323 e. The number of para-hydroxylation sites is 1. The standard InChI is InChI=1S/C29H35N5O3/c1-5-37-26-14-9-20(2)19-25(26)31-28(35)30-23-10-12-24(13-11-23)33-15-17-34(18-16-33)29(36)32-27-21(3)7-6-8-22(27)4/h6-14,19H,5,15-18H2,1-4H3,(H,32,36)(H2,30,31,35). The topological polar surface area (TPSA) is 85.9 Å². The van der Waals surface area contributed by atoms with Gasteiger partial charge in [0.2, 0.25) is 0 Å². The molecule has 3 aromatic carbocycles. The molecule has 0 aromatic heterocycles. The number of carbonyl (C=O) groups is 2. The number of anilines is 4. The van der Waals surface area contributed by atoms with E-state index in [-0.39, 0.29) is 12.1 Å². The first-order valence-corrected chi connectivity index (χ1v) is 12.6. The summed E-state index contributed by atoms with van der Waals surface area (Å²) in [5, 5.41) is 8.83. The van der Waals surface area contributed by atoms with Crippen LogP contribution in [0.4, 0.5) is 32.3 Å². The molecular formula is C29H35N5O3. The van der Waals surface area contributed by atoms with E-state index in [2.05, 4.69) is 20.9 Å². The van der Waals surface area contributed by atoms with Gasteiger partial charge >= 0.3 is 12.1 Å². The minimum Gasteiger partial charge on any atom is -0.492 e. The van der Waals surface area contributed by atoms with Gasteiger partial charge in [-0.3, -0.25) is 0 Å². The Morgan fingerprint density at radius 1 is 0.838 bits per heavy atom. The number of hydrogen-bond acceptors (Lipinski definition) is 4. The maximum Gasteiger partial charge on any atom is 0.323 e. The normalized spacial score (nSPS) is 13.2. The molecule has 4 rings (SSSR count). The number of carbonyl (C=O) groups excluding carboxylic acids is 2. The lowest BCUT2D eigenvalue weighted by molar-refractivity contribution is 0.208. The lowest BCUT2D eigenvalue weighted by Crippen LogP contribution is -2.50. The van der Waals surface area contributed by atoms with Crippen molar-refractivity contribution in [3.63, 3.8) is 0 Å². The number of urea groups is 2. The molecule has 0 unspecified atom stereocenters. The number of piperazine rings is 1. The number of aryl methyl sites for hydroxylation is 3. The van der Waals surface area contributed by atoms with Gasteiger partial charge in [-0.25, -0.2) is 9.59 Å². The molecule has 1 saturated heterocycles. The molecule has 3 aromatic rings. The van der Waals surface area contributed by atoms with Crippen molar-refractivity contribution in [3.8, 4) is 5.75 Å². The zero-order chi connectivity index (χ0) is 26.4. The molecule has 1 heterocycles. The van der Waals surface area contributed by atoms with Gasteiger partial charge in [0.1, 0.15) is 5.75 Å². The van der Waals surface area contributed by atoms with Gasteiger partial charge in [0.25, 0.3) is 0 Å². The molecule has 194 valence electrons. The minimum absolute atomic E-state index is 0.0660. The van der Waals surface area contributed by atoms with Crippen molar-refractivity contribution in [2.75, 3.05) is 53.6 Å². The number of benzene rings is 3. The van der Waals surface area contributed by atoms with E-state index in [0.29, 0.717) is 36.8 Å². The Hall–Kier alpha value is -4.20. The molecule has 3 N–H and O–H groups in total. The lowest BCUT2D eigenvalue weighted by atomic mass is 10.1. The van der Waals surface area contributed by atoms with E-state index in [0.717, 1.165) is 41.2 Å². The van der Waals surface area contributed by atoms with Crippen LogP contribution in [-0.2, 0) is 0 Å². The van der Waals surface area contributed by atoms with Crippen LogP contribution in [0.15, 0.2) is 60.7 Å². The van der Waals surface area contributed by atoms with Gasteiger partial charge in [-0.1, -0.05) is 24.3 Å². The third-order valence-corrected chi connectivity index (χ3v) is 6.45. The van der Waals surface area contributed by atoms with E-state index >= 15 is 0 Å². The fourth-order valence-electron chi connectivity index (χ4n) is 4.43. The molecular weight excluding hydrogens is 466 g/mol. The second-order valence-corrected chi connectivity index (χ2v) is 9.23. The summed E-state index contributed by atoms with van der Waals surface area (Å²) in [4.78, 5) is 29.5. The van der Waals surface area contributed by atoms with Crippen LogP contribution in [0.1, 0.15) is 23.6 Å². The quantitative estimate of drug-likeness (QED) is 0.386.